The summed E-state index contributed by atoms with van der Waals surface area (Å²) in [6.07, 6.45) is 0.985. The van der Waals surface area contributed by atoms with Crippen molar-refractivity contribution < 1.29 is 4.79 Å². The highest BCUT2D eigenvalue weighted by molar-refractivity contribution is 7.19. The second-order valence-corrected chi connectivity index (χ2v) is 7.95. The van der Waals surface area contributed by atoms with Crippen LogP contribution in [0.4, 0.5) is 0 Å². The molecule has 1 saturated heterocycles. The van der Waals surface area contributed by atoms with E-state index in [4.69, 9.17) is 16.6 Å². The van der Waals surface area contributed by atoms with Gasteiger partial charge >= 0.3 is 0 Å². The highest BCUT2D eigenvalue weighted by atomic mass is 35.5. The number of carbonyl (C=O) groups is 1. The molecule has 0 radical (unpaired) electrons. The number of nitrogens with zero attached hydrogens (tertiary/aromatic N) is 2. The molecule has 27 heavy (non-hydrogen) atoms. The largest absolute Gasteiger partial charge is 0.337 e. The number of thiophene rings is 1. The molecule has 0 saturated carbocycles. The third kappa shape index (κ3) is 4.39. The first-order valence-corrected chi connectivity index (χ1v) is 9.46. The number of aromatic nitrogens is 1. The minimum absolute atomic E-state index is 0. The minimum atomic E-state index is 0. The molecule has 3 aromatic rings. The maximum absolute atomic E-state index is 13.2. The zero-order valence-electron chi connectivity index (χ0n) is 14.6. The average molecular weight is 445 g/mol. The molecule has 144 valence electrons. The highest BCUT2D eigenvalue weighted by Gasteiger charge is 2.25. The molecule has 1 amide bonds. The lowest BCUT2D eigenvalue weighted by atomic mass is 10.0. The lowest BCUT2D eigenvalue weighted by molar-refractivity contribution is 0.0746. The van der Waals surface area contributed by atoms with Gasteiger partial charge in [0.2, 0.25) is 0 Å². The van der Waals surface area contributed by atoms with Crippen LogP contribution >= 0.6 is 47.8 Å². The maximum atomic E-state index is 13.2. The van der Waals surface area contributed by atoms with Gasteiger partial charge in [-0.15, -0.1) is 36.2 Å². The topological polar surface area (TPSA) is 45.2 Å². The van der Waals surface area contributed by atoms with Crippen LogP contribution in [-0.2, 0) is 0 Å². The summed E-state index contributed by atoms with van der Waals surface area (Å²) in [6, 6.07) is 13.7. The zero-order chi connectivity index (χ0) is 17.4. The molecule has 1 aromatic carbocycles. The van der Waals surface area contributed by atoms with E-state index in [0.717, 1.165) is 41.0 Å². The number of amides is 1. The van der Waals surface area contributed by atoms with E-state index in [1.807, 2.05) is 54.4 Å². The predicted molar refractivity (Wildman–Crippen MR) is 118 cm³/mol. The molecule has 4 rings (SSSR count). The number of carbonyl (C=O) groups excluding carboxylic acids is 1. The third-order valence-electron chi connectivity index (χ3n) is 4.67. The van der Waals surface area contributed by atoms with Gasteiger partial charge in [-0.05, 0) is 37.2 Å². The number of nitrogens with one attached hydrogen (secondary N) is 1. The third-order valence-corrected chi connectivity index (χ3v) is 5.93. The first-order chi connectivity index (χ1) is 12.1. The SMILES string of the molecule is CN(C(=O)c1cc(-c2ccc(Cl)s2)nc2ccccc12)C1CCNC1.Cl.Cl. The summed E-state index contributed by atoms with van der Waals surface area (Å²) in [4.78, 5) is 20.7. The lowest BCUT2D eigenvalue weighted by Gasteiger charge is -2.24. The van der Waals surface area contributed by atoms with Crippen LogP contribution < -0.4 is 5.32 Å². The number of rotatable bonds is 3. The molecule has 0 spiro atoms. The molecule has 0 aliphatic carbocycles. The van der Waals surface area contributed by atoms with Gasteiger partial charge in [0, 0.05) is 25.0 Å². The van der Waals surface area contributed by atoms with Crippen LogP contribution in [0.25, 0.3) is 21.5 Å². The molecular weight excluding hydrogens is 425 g/mol. The van der Waals surface area contributed by atoms with E-state index in [-0.39, 0.29) is 36.8 Å². The van der Waals surface area contributed by atoms with Crippen molar-refractivity contribution in [2.45, 2.75) is 12.5 Å². The smallest absolute Gasteiger partial charge is 0.254 e. The van der Waals surface area contributed by atoms with Gasteiger partial charge in [0.05, 0.1) is 26.0 Å². The van der Waals surface area contributed by atoms with Crippen LogP contribution in [0.5, 0.6) is 0 Å². The molecule has 2 aromatic heterocycles. The number of pyridine rings is 1. The number of para-hydroxylation sites is 1. The Balaban J connectivity index is 0.00000131. The molecule has 1 aliphatic rings. The van der Waals surface area contributed by atoms with Crippen LogP contribution in [0.2, 0.25) is 4.34 Å². The van der Waals surface area contributed by atoms with E-state index >= 15 is 0 Å². The molecule has 3 heterocycles. The fourth-order valence-electron chi connectivity index (χ4n) is 3.26. The van der Waals surface area contributed by atoms with E-state index in [1.165, 1.54) is 11.3 Å². The number of likely N-dealkylation sites (N-methyl/N-ethyl adjacent to an activating group) is 1. The average Bonchev–Trinajstić information content (AvgIpc) is 3.31. The Labute approximate surface area is 179 Å². The second kappa shape index (κ2) is 9.22. The Morgan fingerprint density at radius 3 is 2.70 bits per heavy atom. The minimum Gasteiger partial charge on any atom is -0.337 e. The number of halogens is 3. The van der Waals surface area contributed by atoms with Crippen molar-refractivity contribution in [2.75, 3.05) is 20.1 Å². The Bertz CT molecular complexity index is 941. The van der Waals surface area contributed by atoms with Gasteiger partial charge in [0.1, 0.15) is 0 Å². The quantitative estimate of drug-likeness (QED) is 0.625. The molecule has 8 heteroatoms. The van der Waals surface area contributed by atoms with Gasteiger partial charge in [-0.25, -0.2) is 4.98 Å². The summed E-state index contributed by atoms with van der Waals surface area (Å²) in [5.74, 6) is 0.0382. The van der Waals surface area contributed by atoms with Gasteiger partial charge in [0.15, 0.2) is 0 Å². The van der Waals surface area contributed by atoms with Crippen LogP contribution in [0, 0.1) is 0 Å². The van der Waals surface area contributed by atoms with Crippen LogP contribution in [-0.4, -0.2) is 42.0 Å². The van der Waals surface area contributed by atoms with Gasteiger partial charge in [-0.1, -0.05) is 29.8 Å². The molecule has 1 aliphatic heterocycles. The second-order valence-electron chi connectivity index (χ2n) is 6.24. The normalized spacial score (nSPS) is 15.9. The van der Waals surface area contributed by atoms with Crippen LogP contribution in [0.1, 0.15) is 16.8 Å². The van der Waals surface area contributed by atoms with Crippen molar-refractivity contribution >= 4 is 64.6 Å². The summed E-state index contributed by atoms with van der Waals surface area (Å²) < 4.78 is 0.715. The molecule has 4 nitrogen and oxygen atoms in total. The lowest BCUT2D eigenvalue weighted by Crippen LogP contribution is -2.38. The molecular formula is C19H20Cl3N3OS. The monoisotopic (exact) mass is 443 g/mol. The fourth-order valence-corrected chi connectivity index (χ4v) is 4.26. The first-order valence-electron chi connectivity index (χ1n) is 8.27. The van der Waals surface area contributed by atoms with Gasteiger partial charge in [-0.2, -0.15) is 0 Å². The van der Waals surface area contributed by atoms with Crippen molar-refractivity contribution in [2.24, 2.45) is 0 Å². The van der Waals surface area contributed by atoms with E-state index in [1.54, 1.807) is 0 Å². The van der Waals surface area contributed by atoms with Crippen LogP contribution in [0.15, 0.2) is 42.5 Å². The number of hydrogen-bond donors (Lipinski definition) is 1. The molecule has 0 bridgehead atoms. The zero-order valence-corrected chi connectivity index (χ0v) is 17.9. The molecule has 1 unspecified atom stereocenters. The Morgan fingerprint density at radius 1 is 1.26 bits per heavy atom. The highest BCUT2D eigenvalue weighted by Crippen LogP contribution is 2.32. The number of hydrogen-bond acceptors (Lipinski definition) is 4. The Morgan fingerprint density at radius 2 is 2.04 bits per heavy atom. The van der Waals surface area contributed by atoms with Crippen molar-refractivity contribution in [3.8, 4) is 10.6 Å². The standard InChI is InChI=1S/C19H18ClN3OS.2ClH/c1-23(12-8-9-21-11-12)19(24)14-10-16(17-6-7-18(20)25-17)22-15-5-3-2-4-13(14)15;;/h2-7,10,12,21H,8-9,11H2,1H3;2*1H. The van der Waals surface area contributed by atoms with Crippen molar-refractivity contribution in [1.29, 1.82) is 0 Å². The van der Waals surface area contributed by atoms with Gasteiger partial charge < -0.3 is 10.2 Å². The predicted octanol–water partition coefficient (Wildman–Crippen LogP) is 4.89. The van der Waals surface area contributed by atoms with E-state index in [2.05, 4.69) is 5.32 Å². The summed E-state index contributed by atoms with van der Waals surface area (Å²) in [5.41, 5.74) is 2.31. The Hall–Kier alpha value is -1.37. The van der Waals surface area contributed by atoms with Gasteiger partial charge in [-0.3, -0.25) is 4.79 Å². The van der Waals surface area contributed by atoms with E-state index in [0.29, 0.717) is 9.90 Å². The van der Waals surface area contributed by atoms with Crippen LogP contribution in [0.3, 0.4) is 0 Å². The number of benzene rings is 1. The van der Waals surface area contributed by atoms with E-state index < -0.39 is 0 Å². The maximum Gasteiger partial charge on any atom is 0.254 e. The summed E-state index contributed by atoms with van der Waals surface area (Å²) in [6.45, 7) is 1.80. The van der Waals surface area contributed by atoms with E-state index in [9.17, 15) is 4.79 Å². The molecule has 1 fully saturated rings. The van der Waals surface area contributed by atoms with Crippen molar-refractivity contribution in [1.82, 2.24) is 15.2 Å². The summed E-state index contributed by atoms with van der Waals surface area (Å²) >= 11 is 7.55. The molecule has 1 N–H and O–H groups in total. The van der Waals surface area contributed by atoms with Crippen molar-refractivity contribution in [3.63, 3.8) is 0 Å². The molecule has 1 atom stereocenters. The van der Waals surface area contributed by atoms with Crippen molar-refractivity contribution in [3.05, 3.63) is 52.4 Å². The van der Waals surface area contributed by atoms with Gasteiger partial charge in [0.25, 0.3) is 5.91 Å². The fraction of sp³-hybridized carbons (Fsp3) is 0.263. The Kier molecular flexibility index (Phi) is 7.48. The summed E-state index contributed by atoms with van der Waals surface area (Å²) in [7, 11) is 1.89. The first kappa shape index (κ1) is 21.9. The number of fused-ring (bicyclic) bond motifs is 1. The summed E-state index contributed by atoms with van der Waals surface area (Å²) in [5, 5.41) is 4.20.